The molecule has 2 rings (SSSR count). The van der Waals surface area contributed by atoms with Crippen molar-refractivity contribution in [2.24, 2.45) is 11.8 Å². The average Bonchev–Trinajstić information content (AvgIpc) is 2.92. The van der Waals surface area contributed by atoms with Crippen molar-refractivity contribution in [1.29, 1.82) is 5.26 Å². The lowest BCUT2D eigenvalue weighted by molar-refractivity contribution is -0.139. The fourth-order valence-corrected chi connectivity index (χ4v) is 3.08. The molecule has 0 aromatic carbocycles. The lowest BCUT2D eigenvalue weighted by atomic mass is 9.77. The van der Waals surface area contributed by atoms with E-state index in [-0.39, 0.29) is 11.9 Å². The summed E-state index contributed by atoms with van der Waals surface area (Å²) in [6.45, 7) is 4.04. The summed E-state index contributed by atoms with van der Waals surface area (Å²) in [5.41, 5.74) is 2.15. The van der Waals surface area contributed by atoms with Crippen LogP contribution in [0.1, 0.15) is 39.5 Å². The van der Waals surface area contributed by atoms with Gasteiger partial charge < -0.3 is 10.1 Å². The van der Waals surface area contributed by atoms with E-state index in [2.05, 4.69) is 11.4 Å². The van der Waals surface area contributed by atoms with Gasteiger partial charge in [-0.3, -0.25) is 0 Å². The summed E-state index contributed by atoms with van der Waals surface area (Å²) in [6, 6.07) is 2.28. The second kappa shape index (κ2) is 5.92. The van der Waals surface area contributed by atoms with Crippen LogP contribution in [0.4, 0.5) is 0 Å². The van der Waals surface area contributed by atoms with E-state index in [9.17, 15) is 10.1 Å². The summed E-state index contributed by atoms with van der Waals surface area (Å²) in [5, 5.41) is 12.4. The van der Waals surface area contributed by atoms with E-state index >= 15 is 0 Å². The highest BCUT2D eigenvalue weighted by molar-refractivity contribution is 5.90. The van der Waals surface area contributed by atoms with Crippen LogP contribution in [0.15, 0.2) is 23.0 Å². The monoisotopic (exact) mass is 260 g/mol. The Bertz CT molecular complexity index is 465. The molecule has 0 amide bonds. The zero-order valence-electron chi connectivity index (χ0n) is 11.5. The number of esters is 1. The molecule has 0 aromatic rings. The van der Waals surface area contributed by atoms with Crippen LogP contribution in [0.5, 0.6) is 0 Å². The molecule has 4 nitrogen and oxygen atoms in total. The first-order valence-corrected chi connectivity index (χ1v) is 6.93. The molecule has 1 aliphatic heterocycles. The molecule has 1 aliphatic carbocycles. The molecule has 2 aliphatic rings. The van der Waals surface area contributed by atoms with Gasteiger partial charge in [-0.15, -0.1) is 0 Å². The van der Waals surface area contributed by atoms with Gasteiger partial charge in [0.05, 0.1) is 23.8 Å². The van der Waals surface area contributed by atoms with Gasteiger partial charge in [0.1, 0.15) is 0 Å². The van der Waals surface area contributed by atoms with Crippen LogP contribution < -0.4 is 5.32 Å². The van der Waals surface area contributed by atoms with Crippen molar-refractivity contribution in [1.82, 2.24) is 5.32 Å². The topological polar surface area (TPSA) is 62.1 Å². The Balaban J connectivity index is 2.32. The number of carbonyl (C=O) groups is 1. The third-order valence-electron chi connectivity index (χ3n) is 4.00. The molecule has 1 fully saturated rings. The Morgan fingerprint density at radius 2 is 2.21 bits per heavy atom. The van der Waals surface area contributed by atoms with Gasteiger partial charge in [-0.1, -0.05) is 12.8 Å². The van der Waals surface area contributed by atoms with Crippen molar-refractivity contribution >= 4 is 5.97 Å². The smallest absolute Gasteiger partial charge is 0.336 e. The van der Waals surface area contributed by atoms with Crippen LogP contribution in [0.3, 0.4) is 0 Å². The number of nitriles is 1. The minimum Gasteiger partial charge on any atom is -0.463 e. The normalized spacial score (nSPS) is 23.6. The van der Waals surface area contributed by atoms with Gasteiger partial charge in [-0.25, -0.2) is 4.79 Å². The van der Waals surface area contributed by atoms with Gasteiger partial charge in [0.15, 0.2) is 0 Å². The molecule has 0 radical (unpaired) electrons. The predicted octanol–water partition coefficient (Wildman–Crippen LogP) is 2.64. The number of hydrogen-bond donors (Lipinski definition) is 1. The summed E-state index contributed by atoms with van der Waals surface area (Å²) in [7, 11) is 0. The molecule has 19 heavy (non-hydrogen) atoms. The second-order valence-electron chi connectivity index (χ2n) is 5.14. The second-order valence-corrected chi connectivity index (χ2v) is 5.14. The lowest BCUT2D eigenvalue weighted by Gasteiger charge is -2.29. The van der Waals surface area contributed by atoms with Crippen molar-refractivity contribution < 1.29 is 9.53 Å². The first kappa shape index (κ1) is 13.7. The summed E-state index contributed by atoms with van der Waals surface area (Å²) in [5.74, 6) is 0.00214. The maximum atomic E-state index is 12.1. The summed E-state index contributed by atoms with van der Waals surface area (Å²) < 4.78 is 5.12. The molecule has 1 unspecified atom stereocenters. The minimum atomic E-state index is -0.299. The van der Waals surface area contributed by atoms with Crippen LogP contribution in [-0.4, -0.2) is 12.6 Å². The van der Waals surface area contributed by atoms with E-state index in [1.165, 1.54) is 12.8 Å². The minimum absolute atomic E-state index is 0.0900. The molecule has 1 saturated carbocycles. The number of nitrogens with zero attached hydrogens (tertiary/aromatic N) is 1. The fourth-order valence-electron chi connectivity index (χ4n) is 3.08. The third-order valence-corrected chi connectivity index (χ3v) is 4.00. The van der Waals surface area contributed by atoms with Crippen LogP contribution >= 0.6 is 0 Å². The Labute approximate surface area is 114 Å². The summed E-state index contributed by atoms with van der Waals surface area (Å²) in [6.07, 6.45) is 6.25. The number of ether oxygens (including phenoxy) is 1. The Morgan fingerprint density at radius 1 is 1.53 bits per heavy atom. The van der Waals surface area contributed by atoms with Crippen molar-refractivity contribution in [2.45, 2.75) is 39.5 Å². The predicted molar refractivity (Wildman–Crippen MR) is 71.6 cm³/mol. The number of nitrogens with one attached hydrogen (secondary N) is 1. The van der Waals surface area contributed by atoms with Crippen molar-refractivity contribution in [3.05, 3.63) is 23.0 Å². The number of dihydropyridines is 1. The zero-order valence-corrected chi connectivity index (χ0v) is 11.5. The Morgan fingerprint density at radius 3 is 2.79 bits per heavy atom. The summed E-state index contributed by atoms with van der Waals surface area (Å²) >= 11 is 0. The average molecular weight is 260 g/mol. The van der Waals surface area contributed by atoms with Gasteiger partial charge in [0.25, 0.3) is 0 Å². The van der Waals surface area contributed by atoms with Crippen molar-refractivity contribution in [2.75, 3.05) is 6.61 Å². The highest BCUT2D eigenvalue weighted by Gasteiger charge is 2.37. The van der Waals surface area contributed by atoms with E-state index in [4.69, 9.17) is 4.74 Å². The zero-order chi connectivity index (χ0) is 13.8. The molecule has 0 spiro atoms. The van der Waals surface area contributed by atoms with Crippen molar-refractivity contribution in [3.8, 4) is 6.07 Å². The molecule has 0 bridgehead atoms. The number of hydrogen-bond acceptors (Lipinski definition) is 4. The molecule has 0 aromatic heterocycles. The van der Waals surface area contributed by atoms with Crippen LogP contribution in [0.25, 0.3) is 0 Å². The highest BCUT2D eigenvalue weighted by Crippen LogP contribution is 2.41. The van der Waals surface area contributed by atoms with Gasteiger partial charge in [0.2, 0.25) is 0 Å². The largest absolute Gasteiger partial charge is 0.463 e. The third kappa shape index (κ3) is 2.65. The Kier molecular flexibility index (Phi) is 4.26. The first-order chi connectivity index (χ1) is 9.19. The van der Waals surface area contributed by atoms with Crippen LogP contribution in [0.2, 0.25) is 0 Å². The molecule has 1 atom stereocenters. The van der Waals surface area contributed by atoms with Gasteiger partial charge in [-0.2, -0.15) is 5.26 Å². The van der Waals surface area contributed by atoms with Crippen LogP contribution in [-0.2, 0) is 9.53 Å². The molecular weight excluding hydrogens is 240 g/mol. The van der Waals surface area contributed by atoms with E-state index in [1.54, 1.807) is 13.1 Å². The van der Waals surface area contributed by atoms with Gasteiger partial charge in [-0.05, 0) is 32.6 Å². The molecule has 4 heteroatoms. The van der Waals surface area contributed by atoms with E-state index < -0.39 is 0 Å². The first-order valence-electron chi connectivity index (χ1n) is 6.93. The maximum absolute atomic E-state index is 12.1. The fraction of sp³-hybridized carbons (Fsp3) is 0.600. The number of carbonyl (C=O) groups excluding carboxylic acids is 1. The van der Waals surface area contributed by atoms with Crippen molar-refractivity contribution in [3.63, 3.8) is 0 Å². The van der Waals surface area contributed by atoms with Gasteiger partial charge >= 0.3 is 5.97 Å². The molecule has 0 saturated heterocycles. The SMILES string of the molecule is CCOC(=O)C1=CNC(C)=C(C#N)C1C1CCCC1. The Hall–Kier alpha value is -1.76. The lowest BCUT2D eigenvalue weighted by Crippen LogP contribution is -2.30. The molecular formula is C15H20N2O2. The molecule has 102 valence electrons. The molecule has 1 heterocycles. The van der Waals surface area contributed by atoms with E-state index in [0.29, 0.717) is 23.7 Å². The molecule has 1 N–H and O–H groups in total. The highest BCUT2D eigenvalue weighted by atomic mass is 16.5. The summed E-state index contributed by atoms with van der Waals surface area (Å²) in [4.78, 5) is 12.1. The van der Waals surface area contributed by atoms with E-state index in [1.807, 2.05) is 6.92 Å². The standard InChI is InChI=1S/C15H20N2O2/c1-3-19-15(18)13-9-17-10(2)12(8-16)14(13)11-6-4-5-7-11/h9,11,14,17H,3-7H2,1-2H3. The van der Waals surface area contributed by atoms with Gasteiger partial charge in [0, 0.05) is 17.8 Å². The van der Waals surface area contributed by atoms with Crippen LogP contribution in [0, 0.1) is 23.2 Å². The number of rotatable bonds is 3. The number of allylic oxidation sites excluding steroid dienone is 2. The maximum Gasteiger partial charge on any atom is 0.336 e. The quantitative estimate of drug-likeness (QED) is 0.792. The van der Waals surface area contributed by atoms with E-state index in [0.717, 1.165) is 18.5 Å².